The number of hydrogen-bond acceptors (Lipinski definition) is 5. The Morgan fingerprint density at radius 2 is 2.20 bits per heavy atom. The number of aryl methyl sites for hydroxylation is 1. The number of amides is 2. The highest BCUT2D eigenvalue weighted by Crippen LogP contribution is 2.21. The number of nitrogens with zero attached hydrogens (tertiary/aromatic N) is 3. The first kappa shape index (κ1) is 13.1. The average Bonchev–Trinajstić information content (AvgIpc) is 2.73. The maximum Gasteiger partial charge on any atom is 0.276 e. The van der Waals surface area contributed by atoms with Crippen LogP contribution in [-0.2, 0) is 9.53 Å². The van der Waals surface area contributed by atoms with Crippen LogP contribution in [0.3, 0.4) is 0 Å². The first-order valence-corrected chi connectivity index (χ1v) is 6.61. The predicted molar refractivity (Wildman–Crippen MR) is 68.0 cm³/mol. The lowest BCUT2D eigenvalue weighted by Gasteiger charge is -2.28. The lowest BCUT2D eigenvalue weighted by molar-refractivity contribution is -0.133. The third-order valence-electron chi connectivity index (χ3n) is 3.98. The Bertz CT molecular complexity index is 541. The van der Waals surface area contributed by atoms with E-state index in [9.17, 15) is 9.59 Å². The molecule has 0 aromatic carbocycles. The molecule has 2 aliphatic heterocycles. The first-order valence-electron chi connectivity index (χ1n) is 6.61. The number of fused-ring (bicyclic) bond motifs is 3. The van der Waals surface area contributed by atoms with Gasteiger partial charge in [-0.1, -0.05) is 0 Å². The van der Waals surface area contributed by atoms with Crippen LogP contribution in [0.4, 0.5) is 0 Å². The highest BCUT2D eigenvalue weighted by Gasteiger charge is 2.39. The van der Waals surface area contributed by atoms with E-state index < -0.39 is 0 Å². The summed E-state index contributed by atoms with van der Waals surface area (Å²) in [5.74, 6) is 0.0555. The standard InChI is InChI=1S/C13H17N3O4/c1-8-11(14-7-20-8)13(18)16-3-9-5-19-6-10(4-16)15(2)12(9)17/h7,9-10H,3-6H2,1-2H3/t9-,10+/m1/s1. The molecule has 3 rings (SSSR count). The molecule has 7 nitrogen and oxygen atoms in total. The predicted octanol–water partition coefficient (Wildman–Crippen LogP) is -0.0878. The van der Waals surface area contributed by atoms with Crippen LogP contribution in [0, 0.1) is 12.8 Å². The quantitative estimate of drug-likeness (QED) is 0.718. The molecule has 0 aliphatic carbocycles. The fraction of sp³-hybridized carbons (Fsp3) is 0.615. The van der Waals surface area contributed by atoms with Crippen LogP contribution in [0.5, 0.6) is 0 Å². The van der Waals surface area contributed by atoms with Crippen LogP contribution in [-0.4, -0.2) is 66.0 Å². The largest absolute Gasteiger partial charge is 0.448 e. The van der Waals surface area contributed by atoms with Crippen LogP contribution >= 0.6 is 0 Å². The van der Waals surface area contributed by atoms with E-state index in [-0.39, 0.29) is 23.8 Å². The average molecular weight is 279 g/mol. The van der Waals surface area contributed by atoms with Crippen molar-refractivity contribution in [1.29, 1.82) is 0 Å². The van der Waals surface area contributed by atoms with E-state index in [2.05, 4.69) is 4.98 Å². The summed E-state index contributed by atoms with van der Waals surface area (Å²) in [7, 11) is 1.77. The van der Waals surface area contributed by atoms with Gasteiger partial charge in [-0.2, -0.15) is 0 Å². The molecule has 0 spiro atoms. The van der Waals surface area contributed by atoms with E-state index in [0.717, 1.165) is 0 Å². The monoisotopic (exact) mass is 279 g/mol. The molecule has 3 heterocycles. The van der Waals surface area contributed by atoms with Crippen LogP contribution < -0.4 is 0 Å². The van der Waals surface area contributed by atoms with E-state index in [4.69, 9.17) is 9.15 Å². The van der Waals surface area contributed by atoms with Gasteiger partial charge in [0, 0.05) is 20.1 Å². The second-order valence-corrected chi connectivity index (χ2v) is 5.30. The molecule has 0 saturated carbocycles. The first-order chi connectivity index (χ1) is 9.58. The van der Waals surface area contributed by atoms with Gasteiger partial charge in [0.1, 0.15) is 5.76 Å². The number of rotatable bonds is 1. The van der Waals surface area contributed by atoms with E-state index in [1.165, 1.54) is 6.39 Å². The molecule has 1 aromatic heterocycles. The Kier molecular flexibility index (Phi) is 3.21. The molecule has 2 fully saturated rings. The van der Waals surface area contributed by atoms with Crippen LogP contribution in [0.2, 0.25) is 0 Å². The summed E-state index contributed by atoms with van der Waals surface area (Å²) < 4.78 is 10.6. The smallest absolute Gasteiger partial charge is 0.276 e. The molecule has 108 valence electrons. The van der Waals surface area contributed by atoms with Gasteiger partial charge in [-0.25, -0.2) is 4.98 Å². The van der Waals surface area contributed by atoms with Crippen molar-refractivity contribution in [2.45, 2.75) is 13.0 Å². The molecule has 1 aromatic rings. The molecule has 20 heavy (non-hydrogen) atoms. The third-order valence-corrected chi connectivity index (χ3v) is 3.98. The molecule has 2 aliphatic rings. The second kappa shape index (κ2) is 4.90. The number of likely N-dealkylation sites (N-methyl/N-ethyl adjacent to an activating group) is 1. The molecule has 2 bridgehead atoms. The summed E-state index contributed by atoms with van der Waals surface area (Å²) in [4.78, 5) is 32.1. The zero-order chi connectivity index (χ0) is 14.3. The summed E-state index contributed by atoms with van der Waals surface area (Å²) in [6, 6.07) is -0.105. The molecule has 0 N–H and O–H groups in total. The summed E-state index contributed by atoms with van der Waals surface area (Å²) in [5, 5.41) is 0. The van der Waals surface area contributed by atoms with Crippen molar-refractivity contribution in [2.75, 3.05) is 33.4 Å². The minimum absolute atomic E-state index is 0.0414. The van der Waals surface area contributed by atoms with Crippen LogP contribution in [0.15, 0.2) is 10.8 Å². The van der Waals surface area contributed by atoms with Gasteiger partial charge in [-0.3, -0.25) is 9.59 Å². The molecule has 2 atom stereocenters. The Balaban J connectivity index is 1.87. The van der Waals surface area contributed by atoms with Crippen molar-refractivity contribution in [3.63, 3.8) is 0 Å². The zero-order valence-corrected chi connectivity index (χ0v) is 11.5. The Hall–Kier alpha value is -1.89. The van der Waals surface area contributed by atoms with Crippen molar-refractivity contribution in [3.8, 4) is 0 Å². The fourth-order valence-electron chi connectivity index (χ4n) is 2.72. The summed E-state index contributed by atoms with van der Waals surface area (Å²) in [6.07, 6.45) is 1.27. The Morgan fingerprint density at radius 1 is 1.40 bits per heavy atom. The van der Waals surface area contributed by atoms with E-state index in [1.807, 2.05) is 0 Å². The van der Waals surface area contributed by atoms with Crippen molar-refractivity contribution in [3.05, 3.63) is 17.8 Å². The summed E-state index contributed by atoms with van der Waals surface area (Å²) >= 11 is 0. The maximum atomic E-state index is 12.5. The highest BCUT2D eigenvalue weighted by atomic mass is 16.5. The third kappa shape index (κ3) is 2.07. The van der Waals surface area contributed by atoms with Gasteiger partial charge in [0.25, 0.3) is 5.91 Å². The lowest BCUT2D eigenvalue weighted by Crippen LogP contribution is -2.45. The Labute approximate surface area is 116 Å². The van der Waals surface area contributed by atoms with E-state index >= 15 is 0 Å². The molecule has 7 heteroatoms. The zero-order valence-electron chi connectivity index (χ0n) is 11.5. The minimum Gasteiger partial charge on any atom is -0.448 e. The van der Waals surface area contributed by atoms with Gasteiger partial charge in [0.15, 0.2) is 12.1 Å². The second-order valence-electron chi connectivity index (χ2n) is 5.30. The number of carbonyl (C=O) groups excluding carboxylic acids is 2. The van der Waals surface area contributed by atoms with Gasteiger partial charge < -0.3 is 19.0 Å². The molecule has 0 radical (unpaired) electrons. The van der Waals surface area contributed by atoms with Crippen molar-refractivity contribution >= 4 is 11.8 Å². The molecule has 2 saturated heterocycles. The lowest BCUT2D eigenvalue weighted by atomic mass is 10.1. The minimum atomic E-state index is -0.302. The number of carbonyl (C=O) groups is 2. The van der Waals surface area contributed by atoms with Gasteiger partial charge in [-0.05, 0) is 6.92 Å². The number of aromatic nitrogens is 1. The molecule has 2 amide bonds. The number of ether oxygens (including phenoxy) is 1. The summed E-state index contributed by atoms with van der Waals surface area (Å²) in [6.45, 7) is 3.36. The van der Waals surface area contributed by atoms with E-state index in [1.54, 1.807) is 23.8 Å². The fourth-order valence-corrected chi connectivity index (χ4v) is 2.72. The van der Waals surface area contributed by atoms with Crippen molar-refractivity contribution in [2.24, 2.45) is 5.92 Å². The van der Waals surface area contributed by atoms with Gasteiger partial charge in [0.2, 0.25) is 5.91 Å². The van der Waals surface area contributed by atoms with Gasteiger partial charge in [0.05, 0.1) is 25.2 Å². The maximum absolute atomic E-state index is 12.5. The number of hydrogen-bond donors (Lipinski definition) is 0. The normalized spacial score (nSPS) is 26.6. The van der Waals surface area contributed by atoms with Crippen LogP contribution in [0.25, 0.3) is 0 Å². The molecule has 0 unspecified atom stereocenters. The van der Waals surface area contributed by atoms with E-state index in [0.29, 0.717) is 37.8 Å². The van der Waals surface area contributed by atoms with Crippen molar-refractivity contribution in [1.82, 2.24) is 14.8 Å². The molecular formula is C13H17N3O4. The topological polar surface area (TPSA) is 75.9 Å². The van der Waals surface area contributed by atoms with Gasteiger partial charge >= 0.3 is 0 Å². The SMILES string of the molecule is Cc1ocnc1C(=O)N1C[C@@H]2COC[C@H](C1)N(C)C2=O. The highest BCUT2D eigenvalue weighted by molar-refractivity contribution is 5.94. The Morgan fingerprint density at radius 3 is 2.90 bits per heavy atom. The van der Waals surface area contributed by atoms with Gasteiger partial charge in [-0.15, -0.1) is 0 Å². The van der Waals surface area contributed by atoms with Crippen molar-refractivity contribution < 1.29 is 18.7 Å². The molecular weight excluding hydrogens is 262 g/mol. The van der Waals surface area contributed by atoms with Crippen LogP contribution in [0.1, 0.15) is 16.2 Å². The summed E-state index contributed by atoms with van der Waals surface area (Å²) in [5.41, 5.74) is 0.320. The number of oxazole rings is 1.